The molecular formula is C24H35F2Si. The zero-order valence-electron chi connectivity index (χ0n) is 16.9. The van der Waals surface area contributed by atoms with E-state index in [0.717, 1.165) is 36.2 Å². The molecule has 0 nitrogen and oxygen atoms in total. The van der Waals surface area contributed by atoms with Gasteiger partial charge in [-0.05, 0) is 74.0 Å². The Morgan fingerprint density at radius 1 is 0.778 bits per heavy atom. The summed E-state index contributed by atoms with van der Waals surface area (Å²) in [6.45, 7) is 1.51. The number of halogens is 2. The van der Waals surface area contributed by atoms with Crippen LogP contribution in [0, 0.1) is 36.3 Å². The predicted molar refractivity (Wildman–Crippen MR) is 110 cm³/mol. The molecule has 2 fully saturated rings. The second-order valence-corrected chi connectivity index (χ2v) is 9.61. The maximum Gasteiger partial charge on any atom is 0.129 e. The van der Waals surface area contributed by atoms with Gasteiger partial charge < -0.3 is 0 Å². The van der Waals surface area contributed by atoms with Gasteiger partial charge in [-0.3, -0.25) is 0 Å². The Hall–Kier alpha value is -0.703. The van der Waals surface area contributed by atoms with Crippen LogP contribution in [0.5, 0.6) is 0 Å². The Kier molecular flexibility index (Phi) is 7.93. The molecule has 0 saturated heterocycles. The summed E-state index contributed by atoms with van der Waals surface area (Å²) in [4.78, 5) is 0. The minimum Gasteiger partial charge on any atom is -0.207 e. The van der Waals surface area contributed by atoms with Crippen molar-refractivity contribution in [2.45, 2.75) is 95.9 Å². The molecule has 27 heavy (non-hydrogen) atoms. The standard InChI is InChI=1S/C24H35F2Si/c1-17-23(25)14-22(15-24(17)26)21-12-10-19(11-13-21)5-3-2-4-18-6-8-20(16-27)9-7-18/h14-15,18-21H,2-13,16H2,1H3. The van der Waals surface area contributed by atoms with E-state index in [9.17, 15) is 8.78 Å². The van der Waals surface area contributed by atoms with Gasteiger partial charge in [-0.15, -0.1) is 0 Å². The second-order valence-electron chi connectivity index (χ2n) is 9.20. The number of benzene rings is 1. The summed E-state index contributed by atoms with van der Waals surface area (Å²) in [7, 11) is 3.68. The van der Waals surface area contributed by atoms with Crippen LogP contribution in [0.4, 0.5) is 8.78 Å². The van der Waals surface area contributed by atoms with Crippen molar-refractivity contribution < 1.29 is 8.78 Å². The van der Waals surface area contributed by atoms with Crippen LogP contribution in [-0.4, -0.2) is 10.2 Å². The molecule has 1 aromatic rings. The molecule has 0 unspecified atom stereocenters. The lowest BCUT2D eigenvalue weighted by Crippen LogP contribution is -2.15. The molecule has 0 heterocycles. The van der Waals surface area contributed by atoms with E-state index in [1.165, 1.54) is 77.2 Å². The van der Waals surface area contributed by atoms with Crippen molar-refractivity contribution in [2.24, 2.45) is 17.8 Å². The van der Waals surface area contributed by atoms with E-state index < -0.39 is 11.6 Å². The van der Waals surface area contributed by atoms with Crippen LogP contribution in [0.3, 0.4) is 0 Å². The van der Waals surface area contributed by atoms with Gasteiger partial charge in [0.25, 0.3) is 0 Å². The zero-order valence-corrected chi connectivity index (χ0v) is 17.9. The minimum atomic E-state index is -0.391. The van der Waals surface area contributed by atoms with Gasteiger partial charge in [-0.25, -0.2) is 8.78 Å². The third-order valence-electron chi connectivity index (χ3n) is 7.35. The van der Waals surface area contributed by atoms with Gasteiger partial charge in [0.1, 0.15) is 11.6 Å². The highest BCUT2D eigenvalue weighted by Crippen LogP contribution is 2.39. The quantitative estimate of drug-likeness (QED) is 0.334. The average molecular weight is 390 g/mol. The molecule has 0 aromatic heterocycles. The van der Waals surface area contributed by atoms with E-state index >= 15 is 0 Å². The highest BCUT2D eigenvalue weighted by molar-refractivity contribution is 6.08. The van der Waals surface area contributed by atoms with Gasteiger partial charge in [-0.1, -0.05) is 57.4 Å². The van der Waals surface area contributed by atoms with Crippen molar-refractivity contribution in [1.29, 1.82) is 0 Å². The van der Waals surface area contributed by atoms with E-state index in [1.807, 2.05) is 0 Å². The smallest absolute Gasteiger partial charge is 0.129 e. The van der Waals surface area contributed by atoms with E-state index in [0.29, 0.717) is 5.92 Å². The van der Waals surface area contributed by atoms with Crippen LogP contribution in [0.1, 0.15) is 94.1 Å². The molecule has 2 aliphatic carbocycles. The monoisotopic (exact) mass is 389 g/mol. The van der Waals surface area contributed by atoms with Crippen LogP contribution >= 0.6 is 0 Å². The van der Waals surface area contributed by atoms with Crippen molar-refractivity contribution >= 4 is 10.2 Å². The van der Waals surface area contributed by atoms with E-state index in [-0.39, 0.29) is 5.56 Å². The molecule has 0 atom stereocenters. The first-order valence-electron chi connectivity index (χ1n) is 11.2. The van der Waals surface area contributed by atoms with Crippen molar-refractivity contribution in [3.63, 3.8) is 0 Å². The average Bonchev–Trinajstić information content (AvgIpc) is 2.70. The van der Waals surface area contributed by atoms with E-state index in [4.69, 9.17) is 0 Å². The van der Waals surface area contributed by atoms with Gasteiger partial charge in [0, 0.05) is 15.8 Å². The molecule has 3 radical (unpaired) electrons. The molecule has 0 N–H and O–H groups in total. The molecule has 1 aromatic carbocycles. The summed E-state index contributed by atoms with van der Waals surface area (Å²) in [5, 5.41) is 0. The summed E-state index contributed by atoms with van der Waals surface area (Å²) in [6.07, 6.45) is 15.8. The maximum absolute atomic E-state index is 13.8. The predicted octanol–water partition coefficient (Wildman–Crippen LogP) is 7.50. The van der Waals surface area contributed by atoms with Crippen LogP contribution in [0.25, 0.3) is 0 Å². The second kappa shape index (κ2) is 10.2. The summed E-state index contributed by atoms with van der Waals surface area (Å²) < 4.78 is 27.7. The lowest BCUT2D eigenvalue weighted by molar-refractivity contribution is 0.262. The summed E-state index contributed by atoms with van der Waals surface area (Å²) in [6, 6.07) is 4.30. The molecule has 149 valence electrons. The third-order valence-corrected chi connectivity index (χ3v) is 7.93. The van der Waals surface area contributed by atoms with Crippen molar-refractivity contribution in [3.8, 4) is 0 Å². The molecule has 0 spiro atoms. The molecule has 3 heteroatoms. The SMILES string of the molecule is Cc1c(F)cc(C2CCC(CCCCC3CCC(C[Si])CC3)CC2)cc1F. The van der Waals surface area contributed by atoms with Gasteiger partial charge in [0.15, 0.2) is 0 Å². The first-order chi connectivity index (χ1) is 13.1. The first kappa shape index (κ1) is 21.0. The summed E-state index contributed by atoms with van der Waals surface area (Å²) >= 11 is 0. The van der Waals surface area contributed by atoms with Crippen LogP contribution in [0.15, 0.2) is 12.1 Å². The molecule has 3 rings (SSSR count). The number of hydrogen-bond donors (Lipinski definition) is 0. The number of rotatable bonds is 7. The Bertz CT molecular complexity index is 561. The normalized spacial score (nSPS) is 29.0. The molecule has 0 amide bonds. The number of unbranched alkanes of at least 4 members (excludes halogenated alkanes) is 1. The first-order valence-corrected chi connectivity index (χ1v) is 11.9. The van der Waals surface area contributed by atoms with Gasteiger partial charge in [0.05, 0.1) is 0 Å². The topological polar surface area (TPSA) is 0 Å². The van der Waals surface area contributed by atoms with E-state index in [1.54, 1.807) is 12.1 Å². The highest BCUT2D eigenvalue weighted by atomic mass is 28.1. The van der Waals surface area contributed by atoms with Gasteiger partial charge in [-0.2, -0.15) is 0 Å². The molecule has 2 saturated carbocycles. The fourth-order valence-corrected chi connectivity index (χ4v) is 5.68. The maximum atomic E-state index is 13.8. The molecule has 0 bridgehead atoms. The summed E-state index contributed by atoms with van der Waals surface area (Å²) in [5.74, 6) is 2.28. The molecular weight excluding hydrogens is 354 g/mol. The Morgan fingerprint density at radius 3 is 1.70 bits per heavy atom. The van der Waals surface area contributed by atoms with Crippen molar-refractivity contribution in [3.05, 3.63) is 34.9 Å². The Labute approximate surface area is 167 Å². The van der Waals surface area contributed by atoms with Crippen LogP contribution in [0.2, 0.25) is 6.04 Å². The van der Waals surface area contributed by atoms with E-state index in [2.05, 4.69) is 10.2 Å². The number of hydrogen-bond acceptors (Lipinski definition) is 0. The highest BCUT2D eigenvalue weighted by Gasteiger charge is 2.24. The van der Waals surface area contributed by atoms with Crippen molar-refractivity contribution in [1.82, 2.24) is 0 Å². The zero-order chi connectivity index (χ0) is 19.2. The summed E-state index contributed by atoms with van der Waals surface area (Å²) in [5.41, 5.74) is 1.01. The Morgan fingerprint density at radius 2 is 1.22 bits per heavy atom. The van der Waals surface area contributed by atoms with Gasteiger partial charge >= 0.3 is 0 Å². The fourth-order valence-electron chi connectivity index (χ4n) is 5.28. The Balaban J connectivity index is 1.33. The third kappa shape index (κ3) is 5.89. The lowest BCUT2D eigenvalue weighted by Gasteiger charge is -2.30. The van der Waals surface area contributed by atoms with Crippen molar-refractivity contribution in [2.75, 3.05) is 0 Å². The fraction of sp³-hybridized carbons (Fsp3) is 0.750. The molecule has 0 aliphatic heterocycles. The van der Waals surface area contributed by atoms with Crippen LogP contribution in [-0.2, 0) is 0 Å². The molecule has 2 aliphatic rings. The van der Waals surface area contributed by atoms with Gasteiger partial charge in [0.2, 0.25) is 0 Å². The van der Waals surface area contributed by atoms with Crippen LogP contribution < -0.4 is 0 Å². The largest absolute Gasteiger partial charge is 0.207 e. The lowest BCUT2D eigenvalue weighted by atomic mass is 9.76. The minimum absolute atomic E-state index is 0.146.